The number of hydrogen-bond donors (Lipinski definition) is 1. The number of rotatable bonds is 3. The van der Waals surface area contributed by atoms with Gasteiger partial charge in [0, 0.05) is 11.5 Å². The SMILES string of the molecule is Cc1nc2scc(-c3ccccc3)n2c1/C=C/C(=O)O. The summed E-state index contributed by atoms with van der Waals surface area (Å²) >= 11 is 1.55. The van der Waals surface area contributed by atoms with Gasteiger partial charge in [-0.25, -0.2) is 9.78 Å². The summed E-state index contributed by atoms with van der Waals surface area (Å²) in [7, 11) is 0. The van der Waals surface area contributed by atoms with Crippen molar-refractivity contribution >= 4 is 28.3 Å². The lowest BCUT2D eigenvalue weighted by Crippen LogP contribution is -1.92. The molecule has 0 unspecified atom stereocenters. The molecule has 5 heteroatoms. The van der Waals surface area contributed by atoms with E-state index in [2.05, 4.69) is 4.98 Å². The van der Waals surface area contributed by atoms with Crippen LogP contribution in [0.3, 0.4) is 0 Å². The number of benzene rings is 1. The Bertz CT molecular complexity index is 800. The lowest BCUT2D eigenvalue weighted by atomic mass is 10.2. The Morgan fingerprint density at radius 1 is 1.35 bits per heavy atom. The highest BCUT2D eigenvalue weighted by Gasteiger charge is 2.13. The van der Waals surface area contributed by atoms with Crippen molar-refractivity contribution in [1.29, 1.82) is 0 Å². The van der Waals surface area contributed by atoms with Gasteiger partial charge in [0.25, 0.3) is 0 Å². The Hall–Kier alpha value is -2.40. The van der Waals surface area contributed by atoms with Gasteiger partial charge in [0.05, 0.1) is 17.1 Å². The van der Waals surface area contributed by atoms with Crippen molar-refractivity contribution in [3.05, 3.63) is 53.2 Å². The molecule has 100 valence electrons. The lowest BCUT2D eigenvalue weighted by Gasteiger charge is -2.02. The average Bonchev–Trinajstić information content (AvgIpc) is 2.96. The first-order valence-corrected chi connectivity index (χ1v) is 6.98. The summed E-state index contributed by atoms with van der Waals surface area (Å²) in [6.07, 6.45) is 2.74. The van der Waals surface area contributed by atoms with E-state index in [0.717, 1.165) is 33.7 Å². The zero-order valence-corrected chi connectivity index (χ0v) is 11.6. The minimum absolute atomic E-state index is 0.808. The molecule has 3 rings (SSSR count). The van der Waals surface area contributed by atoms with Gasteiger partial charge >= 0.3 is 5.97 Å². The maximum absolute atomic E-state index is 10.7. The minimum Gasteiger partial charge on any atom is -0.478 e. The molecule has 0 radical (unpaired) electrons. The first-order chi connectivity index (χ1) is 9.66. The van der Waals surface area contributed by atoms with Crippen molar-refractivity contribution < 1.29 is 9.90 Å². The highest BCUT2D eigenvalue weighted by Crippen LogP contribution is 2.29. The molecule has 1 N–H and O–H groups in total. The predicted octanol–water partition coefficient (Wildman–Crippen LogP) is 3.47. The minimum atomic E-state index is -0.962. The number of carboxylic acid groups (broad SMARTS) is 1. The Morgan fingerprint density at radius 2 is 2.10 bits per heavy atom. The first kappa shape index (κ1) is 12.6. The normalized spacial score (nSPS) is 11.4. The molecule has 3 aromatic rings. The molecule has 0 saturated heterocycles. The summed E-state index contributed by atoms with van der Waals surface area (Å²) in [6.45, 7) is 1.88. The van der Waals surface area contributed by atoms with Crippen molar-refractivity contribution in [2.75, 3.05) is 0 Å². The average molecular weight is 284 g/mol. The van der Waals surface area contributed by atoms with E-state index in [0.29, 0.717) is 0 Å². The van der Waals surface area contributed by atoms with Gasteiger partial charge in [0.15, 0.2) is 4.96 Å². The third-order valence-electron chi connectivity index (χ3n) is 3.04. The van der Waals surface area contributed by atoms with Crippen LogP contribution >= 0.6 is 11.3 Å². The van der Waals surface area contributed by atoms with Crippen LogP contribution in [0.2, 0.25) is 0 Å². The lowest BCUT2D eigenvalue weighted by molar-refractivity contribution is -0.131. The number of thiazole rings is 1. The molecule has 0 bridgehead atoms. The van der Waals surface area contributed by atoms with E-state index in [9.17, 15) is 4.79 Å². The number of aliphatic carboxylic acids is 1. The van der Waals surface area contributed by atoms with Gasteiger partial charge in [-0.05, 0) is 18.6 Å². The van der Waals surface area contributed by atoms with Crippen LogP contribution in [0.5, 0.6) is 0 Å². The molecular formula is C15H12N2O2S. The second-order valence-corrected chi connectivity index (χ2v) is 5.20. The third-order valence-corrected chi connectivity index (χ3v) is 3.86. The van der Waals surface area contributed by atoms with Crippen LogP contribution in [0.25, 0.3) is 22.3 Å². The number of aromatic nitrogens is 2. The molecule has 0 fully saturated rings. The predicted molar refractivity (Wildman–Crippen MR) is 79.9 cm³/mol. The molecule has 0 saturated carbocycles. The number of fused-ring (bicyclic) bond motifs is 1. The Balaban J connectivity index is 2.23. The Morgan fingerprint density at radius 3 is 2.80 bits per heavy atom. The number of carbonyl (C=O) groups is 1. The number of aryl methyl sites for hydroxylation is 1. The Labute approximate surface area is 119 Å². The maximum atomic E-state index is 10.7. The number of hydrogen-bond acceptors (Lipinski definition) is 3. The summed E-state index contributed by atoms with van der Waals surface area (Å²) in [5.74, 6) is -0.962. The summed E-state index contributed by atoms with van der Waals surface area (Å²) in [5.41, 5.74) is 3.74. The van der Waals surface area contributed by atoms with E-state index in [4.69, 9.17) is 5.11 Å². The number of nitrogens with zero attached hydrogens (tertiary/aromatic N) is 2. The topological polar surface area (TPSA) is 54.6 Å². The van der Waals surface area contributed by atoms with Gasteiger partial charge in [-0.1, -0.05) is 30.3 Å². The first-order valence-electron chi connectivity index (χ1n) is 6.10. The second kappa shape index (κ2) is 4.94. The van der Waals surface area contributed by atoms with Gasteiger partial charge in [0.2, 0.25) is 0 Å². The summed E-state index contributed by atoms with van der Waals surface area (Å²) in [4.78, 5) is 16.1. The molecule has 20 heavy (non-hydrogen) atoms. The van der Waals surface area contributed by atoms with Crippen LogP contribution in [-0.2, 0) is 4.79 Å². The summed E-state index contributed by atoms with van der Waals surface area (Å²) in [5, 5.41) is 10.8. The summed E-state index contributed by atoms with van der Waals surface area (Å²) < 4.78 is 1.99. The van der Waals surface area contributed by atoms with Crippen LogP contribution in [0.15, 0.2) is 41.8 Å². The van der Waals surface area contributed by atoms with Crippen molar-refractivity contribution in [1.82, 2.24) is 9.38 Å². The highest BCUT2D eigenvalue weighted by molar-refractivity contribution is 7.15. The van der Waals surface area contributed by atoms with Crippen molar-refractivity contribution in [2.45, 2.75) is 6.92 Å². The molecule has 0 amide bonds. The molecular weight excluding hydrogens is 272 g/mol. The van der Waals surface area contributed by atoms with Crippen molar-refractivity contribution in [3.63, 3.8) is 0 Å². The van der Waals surface area contributed by atoms with Crippen LogP contribution in [0.1, 0.15) is 11.4 Å². The van der Waals surface area contributed by atoms with E-state index in [1.807, 2.05) is 47.0 Å². The molecule has 0 aliphatic carbocycles. The van der Waals surface area contributed by atoms with Gasteiger partial charge < -0.3 is 5.11 Å². The number of carboxylic acids is 1. The zero-order chi connectivity index (χ0) is 14.1. The van der Waals surface area contributed by atoms with E-state index >= 15 is 0 Å². The largest absolute Gasteiger partial charge is 0.478 e. The quantitative estimate of drug-likeness (QED) is 0.749. The second-order valence-electron chi connectivity index (χ2n) is 4.36. The fraction of sp³-hybridized carbons (Fsp3) is 0.0667. The molecule has 0 spiro atoms. The van der Waals surface area contributed by atoms with Crippen LogP contribution in [-0.4, -0.2) is 20.5 Å². The number of imidazole rings is 1. The summed E-state index contributed by atoms with van der Waals surface area (Å²) in [6, 6.07) is 9.99. The Kier molecular flexibility index (Phi) is 3.12. The van der Waals surface area contributed by atoms with Crippen molar-refractivity contribution in [3.8, 4) is 11.3 Å². The highest BCUT2D eigenvalue weighted by atomic mass is 32.1. The fourth-order valence-corrected chi connectivity index (χ4v) is 3.09. The molecule has 2 aromatic heterocycles. The van der Waals surface area contributed by atoms with E-state index in [-0.39, 0.29) is 0 Å². The van der Waals surface area contributed by atoms with Gasteiger partial charge in [-0.15, -0.1) is 11.3 Å². The van der Waals surface area contributed by atoms with Crippen molar-refractivity contribution in [2.24, 2.45) is 0 Å². The van der Waals surface area contributed by atoms with Gasteiger partial charge in [0.1, 0.15) is 0 Å². The molecule has 2 heterocycles. The third kappa shape index (κ3) is 2.12. The van der Waals surface area contributed by atoms with E-state index in [1.165, 1.54) is 0 Å². The molecule has 1 aromatic carbocycles. The van der Waals surface area contributed by atoms with Gasteiger partial charge in [-0.2, -0.15) is 0 Å². The molecule has 4 nitrogen and oxygen atoms in total. The van der Waals surface area contributed by atoms with E-state index < -0.39 is 5.97 Å². The maximum Gasteiger partial charge on any atom is 0.328 e. The van der Waals surface area contributed by atoms with Crippen LogP contribution < -0.4 is 0 Å². The monoisotopic (exact) mass is 284 g/mol. The molecule has 0 atom stereocenters. The van der Waals surface area contributed by atoms with Crippen LogP contribution in [0, 0.1) is 6.92 Å². The van der Waals surface area contributed by atoms with Crippen LogP contribution in [0.4, 0.5) is 0 Å². The molecule has 0 aliphatic rings. The molecule has 0 aliphatic heterocycles. The smallest absolute Gasteiger partial charge is 0.328 e. The standard InChI is InChI=1S/C15H12N2O2S/c1-10-12(7-8-14(18)19)17-13(9-20-15(17)16-10)11-5-3-2-4-6-11/h2-9H,1H3,(H,18,19)/b8-7+. The van der Waals surface area contributed by atoms with Gasteiger partial charge in [-0.3, -0.25) is 4.40 Å². The fourth-order valence-electron chi connectivity index (χ4n) is 2.14. The zero-order valence-electron chi connectivity index (χ0n) is 10.8. The van der Waals surface area contributed by atoms with E-state index in [1.54, 1.807) is 17.4 Å².